The number of H-pyrrole nitrogens is 1. The van der Waals surface area contributed by atoms with Crippen molar-refractivity contribution in [1.82, 2.24) is 25.3 Å². The predicted octanol–water partition coefficient (Wildman–Crippen LogP) is 2.74. The maximum Gasteiger partial charge on any atom is 0.231 e. The highest BCUT2D eigenvalue weighted by atomic mass is 16.7. The van der Waals surface area contributed by atoms with Crippen molar-refractivity contribution in [3.8, 4) is 22.8 Å². The molecular weight excluding hydrogens is 318 g/mol. The van der Waals surface area contributed by atoms with E-state index < -0.39 is 0 Å². The minimum absolute atomic E-state index is 0.260. The fraction of sp³-hybridized carbons (Fsp3) is 0.333. The van der Waals surface area contributed by atoms with E-state index in [4.69, 9.17) is 9.47 Å². The Labute approximate surface area is 146 Å². The lowest BCUT2D eigenvalue weighted by Crippen LogP contribution is -2.33. The molecule has 25 heavy (non-hydrogen) atoms. The first-order valence-electron chi connectivity index (χ1n) is 8.37. The van der Waals surface area contributed by atoms with Crippen LogP contribution < -0.4 is 14.8 Å². The molecule has 2 atom stereocenters. The van der Waals surface area contributed by atoms with Crippen LogP contribution >= 0.6 is 0 Å². The summed E-state index contributed by atoms with van der Waals surface area (Å²) in [6.45, 7) is 5.30. The van der Waals surface area contributed by atoms with E-state index >= 15 is 0 Å². The molecule has 7 heteroatoms. The zero-order valence-electron chi connectivity index (χ0n) is 14.3. The van der Waals surface area contributed by atoms with E-state index in [9.17, 15) is 0 Å². The molecule has 0 saturated heterocycles. The van der Waals surface area contributed by atoms with Crippen LogP contribution in [0.3, 0.4) is 0 Å². The molecule has 0 saturated carbocycles. The van der Waals surface area contributed by atoms with Gasteiger partial charge in [-0.3, -0.25) is 9.78 Å². The Hall–Kier alpha value is -2.80. The Bertz CT molecular complexity index is 843. The van der Waals surface area contributed by atoms with Gasteiger partial charge >= 0.3 is 0 Å². The van der Waals surface area contributed by atoms with Crippen LogP contribution in [0.4, 0.5) is 0 Å². The normalized spacial score (nSPS) is 15.3. The average Bonchev–Trinajstić information content (AvgIpc) is 3.39. The van der Waals surface area contributed by atoms with Crippen molar-refractivity contribution in [2.45, 2.75) is 32.5 Å². The number of hydrogen-bond acceptors (Lipinski definition) is 5. The fourth-order valence-electron chi connectivity index (χ4n) is 2.94. The Morgan fingerprint density at radius 1 is 1.28 bits per heavy atom. The Balaban J connectivity index is 1.47. The number of rotatable bonds is 6. The standard InChI is InChI=1S/C18H21N5O2/c1-12(13(2)23-7-3-6-21-23)19-9-15-10-20-22-18(15)14-4-5-16-17(8-14)25-11-24-16/h3-8,10,12-13,19H,9,11H2,1-2H3,(H,20,22)/t12-,13-/m0/s1. The number of benzene rings is 1. The van der Waals surface area contributed by atoms with Gasteiger partial charge in [0.15, 0.2) is 11.5 Å². The molecule has 0 radical (unpaired) electrons. The lowest BCUT2D eigenvalue weighted by Gasteiger charge is -2.21. The number of aromatic amines is 1. The molecule has 130 valence electrons. The molecule has 7 nitrogen and oxygen atoms in total. The molecule has 3 heterocycles. The predicted molar refractivity (Wildman–Crippen MR) is 93.4 cm³/mol. The summed E-state index contributed by atoms with van der Waals surface area (Å²) >= 11 is 0. The van der Waals surface area contributed by atoms with Gasteiger partial charge in [-0.1, -0.05) is 0 Å². The van der Waals surface area contributed by atoms with Crippen LogP contribution in [0.5, 0.6) is 11.5 Å². The highest BCUT2D eigenvalue weighted by Gasteiger charge is 2.18. The second-order valence-corrected chi connectivity index (χ2v) is 6.23. The first-order chi connectivity index (χ1) is 12.2. The summed E-state index contributed by atoms with van der Waals surface area (Å²) < 4.78 is 12.8. The van der Waals surface area contributed by atoms with Crippen LogP contribution in [0.15, 0.2) is 42.9 Å². The van der Waals surface area contributed by atoms with Gasteiger partial charge in [-0.25, -0.2) is 0 Å². The van der Waals surface area contributed by atoms with Gasteiger partial charge in [-0.05, 0) is 38.1 Å². The van der Waals surface area contributed by atoms with E-state index in [0.29, 0.717) is 6.54 Å². The Morgan fingerprint density at radius 3 is 3.00 bits per heavy atom. The van der Waals surface area contributed by atoms with Gasteiger partial charge in [0.25, 0.3) is 0 Å². The number of nitrogens with zero attached hydrogens (tertiary/aromatic N) is 3. The van der Waals surface area contributed by atoms with Crippen molar-refractivity contribution < 1.29 is 9.47 Å². The maximum absolute atomic E-state index is 5.47. The molecule has 0 amide bonds. The van der Waals surface area contributed by atoms with E-state index in [-0.39, 0.29) is 18.9 Å². The first-order valence-corrected chi connectivity index (χ1v) is 8.37. The number of aromatic nitrogens is 4. The quantitative estimate of drug-likeness (QED) is 0.722. The lowest BCUT2D eigenvalue weighted by atomic mass is 10.1. The minimum atomic E-state index is 0.260. The van der Waals surface area contributed by atoms with E-state index in [2.05, 4.69) is 34.5 Å². The van der Waals surface area contributed by atoms with Crippen LogP contribution in [0.25, 0.3) is 11.3 Å². The van der Waals surface area contributed by atoms with Crippen molar-refractivity contribution in [2.75, 3.05) is 6.79 Å². The maximum atomic E-state index is 5.47. The molecule has 1 aromatic carbocycles. The topological polar surface area (TPSA) is 77.0 Å². The largest absolute Gasteiger partial charge is 0.454 e. The zero-order valence-corrected chi connectivity index (χ0v) is 14.3. The third-order valence-electron chi connectivity index (χ3n) is 4.66. The van der Waals surface area contributed by atoms with Crippen LogP contribution in [-0.4, -0.2) is 32.8 Å². The summed E-state index contributed by atoms with van der Waals surface area (Å²) in [7, 11) is 0. The van der Waals surface area contributed by atoms with E-state index in [1.54, 1.807) is 6.20 Å². The monoisotopic (exact) mass is 339 g/mol. The van der Waals surface area contributed by atoms with Crippen LogP contribution in [0, 0.1) is 0 Å². The highest BCUT2D eigenvalue weighted by molar-refractivity contribution is 5.66. The van der Waals surface area contributed by atoms with Gasteiger partial charge in [0, 0.05) is 36.1 Å². The summed E-state index contributed by atoms with van der Waals surface area (Å²) in [5.41, 5.74) is 3.13. The molecule has 1 aliphatic heterocycles. The SMILES string of the molecule is C[C@H](NCc1cn[nH]c1-c1ccc2c(c1)OCO2)[C@H](C)n1cccn1. The lowest BCUT2D eigenvalue weighted by molar-refractivity contribution is 0.174. The van der Waals surface area contributed by atoms with Crippen molar-refractivity contribution in [1.29, 1.82) is 0 Å². The van der Waals surface area contributed by atoms with Gasteiger partial charge in [0.05, 0.1) is 17.9 Å². The number of hydrogen-bond donors (Lipinski definition) is 2. The molecule has 1 aliphatic rings. The van der Waals surface area contributed by atoms with E-state index in [1.807, 2.05) is 41.3 Å². The summed E-state index contributed by atoms with van der Waals surface area (Å²) in [5.74, 6) is 1.55. The number of ether oxygens (including phenoxy) is 2. The molecule has 0 spiro atoms. The summed E-state index contributed by atoms with van der Waals surface area (Å²) in [6, 6.07) is 8.39. The Morgan fingerprint density at radius 2 is 2.16 bits per heavy atom. The highest BCUT2D eigenvalue weighted by Crippen LogP contribution is 2.36. The van der Waals surface area contributed by atoms with E-state index in [1.165, 1.54) is 0 Å². The first kappa shape index (κ1) is 15.7. The smallest absolute Gasteiger partial charge is 0.231 e. The third kappa shape index (κ3) is 3.10. The van der Waals surface area contributed by atoms with Crippen molar-refractivity contribution in [3.63, 3.8) is 0 Å². The van der Waals surface area contributed by atoms with Crippen LogP contribution in [-0.2, 0) is 6.54 Å². The summed E-state index contributed by atoms with van der Waals surface area (Å²) in [5, 5.41) is 15.2. The van der Waals surface area contributed by atoms with Crippen molar-refractivity contribution >= 4 is 0 Å². The number of fused-ring (bicyclic) bond motifs is 1. The van der Waals surface area contributed by atoms with Gasteiger partial charge in [0.1, 0.15) is 0 Å². The molecule has 0 unspecified atom stereocenters. The second kappa shape index (κ2) is 6.60. The van der Waals surface area contributed by atoms with Gasteiger partial charge in [-0.15, -0.1) is 0 Å². The molecule has 2 N–H and O–H groups in total. The second-order valence-electron chi connectivity index (χ2n) is 6.23. The number of nitrogens with one attached hydrogen (secondary N) is 2. The van der Waals surface area contributed by atoms with Gasteiger partial charge in [0.2, 0.25) is 6.79 Å². The fourth-order valence-corrected chi connectivity index (χ4v) is 2.94. The zero-order chi connectivity index (χ0) is 17.2. The minimum Gasteiger partial charge on any atom is -0.454 e. The molecule has 2 aromatic heterocycles. The van der Waals surface area contributed by atoms with Crippen LogP contribution in [0.2, 0.25) is 0 Å². The molecule has 0 aliphatic carbocycles. The molecular formula is C18H21N5O2. The molecule has 3 aromatic rings. The van der Waals surface area contributed by atoms with Crippen LogP contribution in [0.1, 0.15) is 25.5 Å². The average molecular weight is 339 g/mol. The van der Waals surface area contributed by atoms with Gasteiger partial charge in [-0.2, -0.15) is 10.2 Å². The Kier molecular flexibility index (Phi) is 4.15. The van der Waals surface area contributed by atoms with E-state index in [0.717, 1.165) is 28.3 Å². The third-order valence-corrected chi connectivity index (χ3v) is 4.66. The molecule has 4 rings (SSSR count). The van der Waals surface area contributed by atoms with Gasteiger partial charge < -0.3 is 14.8 Å². The molecule has 0 bridgehead atoms. The summed E-state index contributed by atoms with van der Waals surface area (Å²) in [6.07, 6.45) is 5.65. The van der Waals surface area contributed by atoms with Crippen molar-refractivity contribution in [2.24, 2.45) is 0 Å². The summed E-state index contributed by atoms with van der Waals surface area (Å²) in [4.78, 5) is 0. The van der Waals surface area contributed by atoms with Crippen molar-refractivity contribution in [3.05, 3.63) is 48.4 Å². The molecule has 0 fully saturated rings.